The van der Waals surface area contributed by atoms with Gasteiger partial charge in [0, 0.05) is 0 Å². The Kier molecular flexibility index (Phi) is 14.8. The zero-order valence-corrected chi connectivity index (χ0v) is 12.4. The molecule has 5 nitrogen and oxygen atoms in total. The first-order chi connectivity index (χ1) is 8.33. The summed E-state index contributed by atoms with van der Waals surface area (Å²) in [5.74, 6) is 0. The van der Waals surface area contributed by atoms with E-state index in [0.717, 1.165) is 6.42 Å². The molecule has 112 valence electrons. The number of ether oxygens (including phenoxy) is 2. The zero-order valence-electron chi connectivity index (χ0n) is 12.4. The summed E-state index contributed by atoms with van der Waals surface area (Å²) >= 11 is 0. The van der Waals surface area contributed by atoms with E-state index in [-0.39, 0.29) is 31.0 Å². The molecule has 0 rings (SSSR count). The first-order valence-corrected chi connectivity index (χ1v) is 6.61. The molecule has 0 saturated carbocycles. The van der Waals surface area contributed by atoms with Gasteiger partial charge in [0.1, 0.15) is 0 Å². The fourth-order valence-electron chi connectivity index (χ4n) is 0.790. The molecule has 0 aliphatic heterocycles. The van der Waals surface area contributed by atoms with Gasteiger partial charge in [0.05, 0.1) is 44.2 Å². The van der Waals surface area contributed by atoms with Crippen LogP contribution in [0.4, 0.5) is 0 Å². The molecule has 0 heterocycles. The standard InChI is InChI=1S/C7H16O2.C6H15NO2/c1-4-7(8)5-9-6(2)3;1-5(2)9-4-6(7)3-8/h6-8H,4-5H2,1-3H3;5-6,8H,3-4,7H2,1-2H3. The van der Waals surface area contributed by atoms with Gasteiger partial charge in [0.15, 0.2) is 0 Å². The van der Waals surface area contributed by atoms with Crippen molar-refractivity contribution in [1.82, 2.24) is 0 Å². The smallest absolute Gasteiger partial charge is 0.0771 e. The Morgan fingerprint density at radius 1 is 1.00 bits per heavy atom. The average molecular weight is 265 g/mol. The van der Waals surface area contributed by atoms with E-state index < -0.39 is 0 Å². The van der Waals surface area contributed by atoms with Crippen molar-refractivity contribution in [3.8, 4) is 0 Å². The van der Waals surface area contributed by atoms with Crippen LogP contribution in [0.15, 0.2) is 0 Å². The van der Waals surface area contributed by atoms with Crippen LogP contribution in [0.1, 0.15) is 41.0 Å². The summed E-state index contributed by atoms with van der Waals surface area (Å²) in [5, 5.41) is 17.4. The first kappa shape index (κ1) is 20.1. The van der Waals surface area contributed by atoms with Crippen LogP contribution >= 0.6 is 0 Å². The quantitative estimate of drug-likeness (QED) is 0.607. The largest absolute Gasteiger partial charge is 0.395 e. The Labute approximate surface area is 111 Å². The molecule has 2 unspecified atom stereocenters. The molecule has 0 radical (unpaired) electrons. The molecule has 0 aliphatic rings. The van der Waals surface area contributed by atoms with Gasteiger partial charge in [-0.15, -0.1) is 0 Å². The van der Waals surface area contributed by atoms with E-state index in [1.807, 2.05) is 34.6 Å². The van der Waals surface area contributed by atoms with Crippen LogP contribution in [-0.2, 0) is 9.47 Å². The van der Waals surface area contributed by atoms with E-state index in [9.17, 15) is 0 Å². The monoisotopic (exact) mass is 265 g/mol. The number of hydrogen-bond acceptors (Lipinski definition) is 5. The molecule has 0 amide bonds. The van der Waals surface area contributed by atoms with Crippen molar-refractivity contribution >= 4 is 0 Å². The van der Waals surface area contributed by atoms with Crippen LogP contribution < -0.4 is 5.73 Å². The minimum Gasteiger partial charge on any atom is -0.395 e. The summed E-state index contributed by atoms with van der Waals surface area (Å²) < 4.78 is 10.3. The van der Waals surface area contributed by atoms with Crippen LogP contribution in [0.25, 0.3) is 0 Å². The van der Waals surface area contributed by atoms with Gasteiger partial charge in [-0.1, -0.05) is 6.92 Å². The molecule has 0 aliphatic carbocycles. The second-order valence-corrected chi connectivity index (χ2v) is 4.77. The van der Waals surface area contributed by atoms with Crippen LogP contribution in [0.3, 0.4) is 0 Å². The van der Waals surface area contributed by atoms with E-state index in [0.29, 0.717) is 13.2 Å². The van der Waals surface area contributed by atoms with E-state index in [2.05, 4.69) is 0 Å². The minimum absolute atomic E-state index is 0.00722. The van der Waals surface area contributed by atoms with Crippen molar-refractivity contribution in [2.75, 3.05) is 19.8 Å². The third-order valence-corrected chi connectivity index (χ3v) is 1.97. The van der Waals surface area contributed by atoms with Crippen LogP contribution in [0.5, 0.6) is 0 Å². The maximum atomic E-state index is 8.98. The van der Waals surface area contributed by atoms with Crippen LogP contribution in [0, 0.1) is 0 Å². The van der Waals surface area contributed by atoms with Crippen molar-refractivity contribution in [1.29, 1.82) is 0 Å². The Balaban J connectivity index is 0. The molecule has 0 aromatic heterocycles. The molecule has 0 saturated heterocycles. The highest BCUT2D eigenvalue weighted by Gasteiger charge is 2.01. The van der Waals surface area contributed by atoms with Gasteiger partial charge in [-0.3, -0.25) is 0 Å². The number of aliphatic hydroxyl groups is 2. The summed E-state index contributed by atoms with van der Waals surface area (Å²) in [5.41, 5.74) is 5.35. The molecular formula is C13H31NO4. The number of rotatable bonds is 8. The number of aliphatic hydroxyl groups excluding tert-OH is 2. The Hall–Kier alpha value is -0.200. The van der Waals surface area contributed by atoms with Crippen LogP contribution in [-0.4, -0.2) is 54.4 Å². The van der Waals surface area contributed by atoms with E-state index in [4.69, 9.17) is 25.4 Å². The van der Waals surface area contributed by atoms with Crippen LogP contribution in [0.2, 0.25) is 0 Å². The van der Waals surface area contributed by atoms with Gasteiger partial charge in [-0.2, -0.15) is 0 Å². The Bertz CT molecular complexity index is 147. The topological polar surface area (TPSA) is 84.9 Å². The maximum absolute atomic E-state index is 8.98. The normalized spacial score (nSPS) is 14.3. The van der Waals surface area contributed by atoms with Crippen molar-refractivity contribution in [2.45, 2.75) is 65.4 Å². The maximum Gasteiger partial charge on any atom is 0.0771 e. The first-order valence-electron chi connectivity index (χ1n) is 6.61. The molecular weight excluding hydrogens is 234 g/mol. The highest BCUT2D eigenvalue weighted by Crippen LogP contribution is 1.94. The summed E-state index contributed by atoms with van der Waals surface area (Å²) in [6.45, 7) is 10.6. The fourth-order valence-corrected chi connectivity index (χ4v) is 0.790. The average Bonchev–Trinajstić information content (AvgIpc) is 2.33. The van der Waals surface area contributed by atoms with Gasteiger partial charge in [-0.05, 0) is 34.1 Å². The SMILES string of the molecule is CC(C)OCC(N)CO.CCC(O)COC(C)C. The van der Waals surface area contributed by atoms with Gasteiger partial charge >= 0.3 is 0 Å². The highest BCUT2D eigenvalue weighted by atomic mass is 16.5. The molecule has 4 N–H and O–H groups in total. The van der Waals surface area contributed by atoms with Crippen molar-refractivity contribution in [3.05, 3.63) is 0 Å². The molecule has 18 heavy (non-hydrogen) atoms. The molecule has 0 aromatic rings. The molecule has 5 heteroatoms. The van der Waals surface area contributed by atoms with E-state index in [1.54, 1.807) is 0 Å². The van der Waals surface area contributed by atoms with E-state index >= 15 is 0 Å². The molecule has 0 bridgehead atoms. The molecule has 0 fully saturated rings. The lowest BCUT2D eigenvalue weighted by Gasteiger charge is -2.10. The number of hydrogen-bond donors (Lipinski definition) is 3. The van der Waals surface area contributed by atoms with Gasteiger partial charge in [0.25, 0.3) is 0 Å². The fraction of sp³-hybridized carbons (Fsp3) is 1.00. The minimum atomic E-state index is -0.285. The van der Waals surface area contributed by atoms with Crippen molar-refractivity contribution in [3.63, 3.8) is 0 Å². The third kappa shape index (κ3) is 18.2. The van der Waals surface area contributed by atoms with E-state index in [1.165, 1.54) is 0 Å². The molecule has 0 spiro atoms. The lowest BCUT2D eigenvalue weighted by Crippen LogP contribution is -2.31. The summed E-state index contributed by atoms with van der Waals surface area (Å²) in [4.78, 5) is 0. The predicted molar refractivity (Wildman–Crippen MR) is 73.5 cm³/mol. The van der Waals surface area contributed by atoms with Crippen molar-refractivity contribution < 1.29 is 19.7 Å². The lowest BCUT2D eigenvalue weighted by molar-refractivity contribution is 0.00464. The molecule has 0 aromatic carbocycles. The Morgan fingerprint density at radius 2 is 1.44 bits per heavy atom. The summed E-state index contributed by atoms with van der Waals surface area (Å²) in [7, 11) is 0. The van der Waals surface area contributed by atoms with Crippen molar-refractivity contribution in [2.24, 2.45) is 5.73 Å². The summed E-state index contributed by atoms with van der Waals surface area (Å²) in [6, 6.07) is -0.229. The zero-order chi connectivity index (χ0) is 14.6. The summed E-state index contributed by atoms with van der Waals surface area (Å²) in [6.07, 6.45) is 0.911. The number of nitrogens with two attached hydrogens (primary N) is 1. The lowest BCUT2D eigenvalue weighted by atomic mass is 10.3. The second kappa shape index (κ2) is 13.2. The predicted octanol–water partition coefficient (Wildman–Crippen LogP) is 0.913. The molecule has 2 atom stereocenters. The highest BCUT2D eigenvalue weighted by molar-refractivity contribution is 4.56. The second-order valence-electron chi connectivity index (χ2n) is 4.77. The Morgan fingerprint density at radius 3 is 1.78 bits per heavy atom. The van der Waals surface area contributed by atoms with Gasteiger partial charge in [-0.25, -0.2) is 0 Å². The van der Waals surface area contributed by atoms with Gasteiger partial charge < -0.3 is 25.4 Å². The van der Waals surface area contributed by atoms with Gasteiger partial charge in [0.2, 0.25) is 0 Å². The third-order valence-electron chi connectivity index (χ3n) is 1.97.